The van der Waals surface area contributed by atoms with Gasteiger partial charge < -0.3 is 4.74 Å². The quantitative estimate of drug-likeness (QED) is 0.668. The van der Waals surface area contributed by atoms with Crippen LogP contribution in [0.2, 0.25) is 0 Å². The van der Waals surface area contributed by atoms with Crippen LogP contribution < -0.4 is 0 Å². The molecule has 2 saturated carbocycles. The maximum atomic E-state index is 12.8. The van der Waals surface area contributed by atoms with Gasteiger partial charge in [0.25, 0.3) is 10.2 Å². The molecule has 0 aliphatic heterocycles. The van der Waals surface area contributed by atoms with Crippen molar-refractivity contribution in [3.63, 3.8) is 0 Å². The van der Waals surface area contributed by atoms with Crippen LogP contribution in [0.25, 0.3) is 0 Å². The van der Waals surface area contributed by atoms with E-state index in [2.05, 4.69) is 0 Å². The fourth-order valence-corrected chi connectivity index (χ4v) is 4.67. The highest BCUT2D eigenvalue weighted by Crippen LogP contribution is 2.32. The van der Waals surface area contributed by atoms with E-state index in [0.29, 0.717) is 0 Å². The Morgan fingerprint density at radius 3 is 2.24 bits per heavy atom. The number of esters is 1. The normalized spacial score (nSPS) is 21.0. The molecule has 0 unspecified atom stereocenters. The van der Waals surface area contributed by atoms with Crippen molar-refractivity contribution in [1.82, 2.24) is 8.61 Å². The maximum absolute atomic E-state index is 12.8. The number of nitrogens with zero attached hydrogens (tertiary/aromatic N) is 2. The van der Waals surface area contributed by atoms with Gasteiger partial charge in [-0.15, -0.1) is 0 Å². The second-order valence-electron chi connectivity index (χ2n) is 5.90. The van der Waals surface area contributed by atoms with Crippen LogP contribution in [0.15, 0.2) is 0 Å². The molecule has 2 fully saturated rings. The molecule has 0 saturated heterocycles. The monoisotopic (exact) mass is 318 g/mol. The average Bonchev–Trinajstić information content (AvgIpc) is 3.29. The lowest BCUT2D eigenvalue weighted by atomic mass is 9.96. The van der Waals surface area contributed by atoms with Crippen molar-refractivity contribution in [2.45, 2.75) is 64.0 Å². The number of carbonyl (C=O) groups is 1. The zero-order chi connectivity index (χ0) is 15.5. The Bertz CT molecular complexity index is 456. The molecule has 2 aliphatic carbocycles. The lowest BCUT2D eigenvalue weighted by Gasteiger charge is -2.34. The van der Waals surface area contributed by atoms with E-state index in [0.717, 1.165) is 38.5 Å². The Labute approximate surface area is 127 Å². The molecule has 0 spiro atoms. The van der Waals surface area contributed by atoms with Crippen molar-refractivity contribution in [2.75, 3.05) is 20.2 Å². The summed E-state index contributed by atoms with van der Waals surface area (Å²) in [4.78, 5) is 11.7. The van der Waals surface area contributed by atoms with Gasteiger partial charge in [-0.25, -0.2) is 0 Å². The van der Waals surface area contributed by atoms with E-state index in [4.69, 9.17) is 4.74 Å². The third-order valence-corrected chi connectivity index (χ3v) is 6.34. The zero-order valence-electron chi connectivity index (χ0n) is 13.0. The van der Waals surface area contributed by atoms with Gasteiger partial charge >= 0.3 is 5.97 Å². The summed E-state index contributed by atoms with van der Waals surface area (Å²) in [5, 5.41) is 0. The minimum absolute atomic E-state index is 0.0366. The molecular weight excluding hydrogens is 292 g/mol. The molecule has 2 rings (SSSR count). The largest absolute Gasteiger partial charge is 0.465 e. The van der Waals surface area contributed by atoms with Crippen LogP contribution in [0.3, 0.4) is 0 Å². The van der Waals surface area contributed by atoms with E-state index in [1.165, 1.54) is 15.0 Å². The van der Waals surface area contributed by atoms with E-state index in [1.54, 1.807) is 14.0 Å². The lowest BCUT2D eigenvalue weighted by Crippen LogP contribution is -2.49. The summed E-state index contributed by atoms with van der Waals surface area (Å²) in [5.74, 6) is -0.468. The summed E-state index contributed by atoms with van der Waals surface area (Å²) in [5.41, 5.74) is 0. The first kappa shape index (κ1) is 16.7. The van der Waals surface area contributed by atoms with Gasteiger partial charge in [0.05, 0.1) is 6.61 Å². The van der Waals surface area contributed by atoms with E-state index in [9.17, 15) is 13.2 Å². The van der Waals surface area contributed by atoms with Gasteiger partial charge in [-0.05, 0) is 32.6 Å². The minimum atomic E-state index is -3.59. The predicted molar refractivity (Wildman–Crippen MR) is 79.9 cm³/mol. The van der Waals surface area contributed by atoms with Crippen molar-refractivity contribution in [3.05, 3.63) is 0 Å². The topological polar surface area (TPSA) is 66.9 Å². The third-order valence-electron chi connectivity index (χ3n) is 4.29. The minimum Gasteiger partial charge on any atom is -0.465 e. The summed E-state index contributed by atoms with van der Waals surface area (Å²) in [6.45, 7) is 1.83. The number of carbonyl (C=O) groups excluding carboxylic acids is 1. The first-order chi connectivity index (χ1) is 9.96. The van der Waals surface area contributed by atoms with Crippen molar-refractivity contribution < 1.29 is 17.9 Å². The van der Waals surface area contributed by atoms with Crippen LogP contribution in [0.5, 0.6) is 0 Å². The van der Waals surface area contributed by atoms with Crippen LogP contribution in [0.1, 0.15) is 51.9 Å². The van der Waals surface area contributed by atoms with E-state index in [1.807, 2.05) is 0 Å². The molecule has 0 atom stereocenters. The summed E-state index contributed by atoms with van der Waals surface area (Å²) in [7, 11) is -1.94. The standard InChI is InChI=1S/C14H26N2O4S/c1-3-20-14(17)11-16(13-9-10-13)21(18,19)15(2)12-7-5-4-6-8-12/h12-13H,3-11H2,1-2H3. The van der Waals surface area contributed by atoms with Crippen molar-refractivity contribution in [1.29, 1.82) is 0 Å². The summed E-state index contributed by atoms with van der Waals surface area (Å²) < 4.78 is 33.3. The molecule has 0 amide bonds. The van der Waals surface area contributed by atoms with E-state index >= 15 is 0 Å². The van der Waals surface area contributed by atoms with Crippen LogP contribution in [0, 0.1) is 0 Å². The summed E-state index contributed by atoms with van der Waals surface area (Å²) in [6, 6.07) is 0.0256. The Kier molecular flexibility index (Phi) is 5.62. The zero-order valence-corrected chi connectivity index (χ0v) is 13.8. The van der Waals surface area contributed by atoms with Gasteiger partial charge in [-0.3, -0.25) is 4.79 Å². The van der Waals surface area contributed by atoms with Crippen LogP contribution in [-0.2, 0) is 19.7 Å². The Balaban J connectivity index is 2.07. The second-order valence-corrected chi connectivity index (χ2v) is 7.84. The van der Waals surface area contributed by atoms with Gasteiger partial charge in [0, 0.05) is 19.1 Å². The number of rotatable bonds is 7. The van der Waals surface area contributed by atoms with Crippen molar-refractivity contribution in [3.8, 4) is 0 Å². The Morgan fingerprint density at radius 1 is 1.10 bits per heavy atom. The predicted octanol–water partition coefficient (Wildman–Crippen LogP) is 1.52. The van der Waals surface area contributed by atoms with Gasteiger partial charge in [-0.2, -0.15) is 17.0 Å². The highest BCUT2D eigenvalue weighted by molar-refractivity contribution is 7.86. The van der Waals surface area contributed by atoms with E-state index in [-0.39, 0.29) is 25.2 Å². The fraction of sp³-hybridized carbons (Fsp3) is 0.929. The average molecular weight is 318 g/mol. The molecule has 7 heteroatoms. The van der Waals surface area contributed by atoms with Gasteiger partial charge in [0.2, 0.25) is 0 Å². The summed E-state index contributed by atoms with van der Waals surface area (Å²) in [6.07, 6.45) is 6.81. The van der Waals surface area contributed by atoms with Crippen LogP contribution in [0.4, 0.5) is 0 Å². The van der Waals surface area contributed by atoms with Gasteiger partial charge in [-0.1, -0.05) is 19.3 Å². The van der Waals surface area contributed by atoms with Crippen LogP contribution in [-0.4, -0.2) is 55.3 Å². The molecular formula is C14H26N2O4S. The highest BCUT2D eigenvalue weighted by Gasteiger charge is 2.42. The first-order valence-electron chi connectivity index (χ1n) is 7.87. The maximum Gasteiger partial charge on any atom is 0.321 e. The lowest BCUT2D eigenvalue weighted by molar-refractivity contribution is -0.143. The van der Waals surface area contributed by atoms with Gasteiger partial charge in [0.1, 0.15) is 6.54 Å². The highest BCUT2D eigenvalue weighted by atomic mass is 32.2. The molecule has 0 N–H and O–H groups in total. The molecule has 0 radical (unpaired) electrons. The molecule has 6 nitrogen and oxygen atoms in total. The molecule has 2 aliphatic rings. The summed E-state index contributed by atoms with van der Waals surface area (Å²) >= 11 is 0. The molecule has 0 bridgehead atoms. The molecule has 0 aromatic heterocycles. The first-order valence-corrected chi connectivity index (χ1v) is 9.27. The molecule has 0 heterocycles. The van der Waals surface area contributed by atoms with Crippen LogP contribution >= 0.6 is 0 Å². The number of hydrogen-bond acceptors (Lipinski definition) is 4. The van der Waals surface area contributed by atoms with Gasteiger partial charge in [0.15, 0.2) is 0 Å². The number of ether oxygens (including phenoxy) is 1. The second kappa shape index (κ2) is 7.07. The Hall–Kier alpha value is -0.660. The molecule has 0 aromatic rings. The van der Waals surface area contributed by atoms with Crippen molar-refractivity contribution >= 4 is 16.2 Å². The fourth-order valence-electron chi connectivity index (χ4n) is 2.89. The Morgan fingerprint density at radius 2 is 1.71 bits per heavy atom. The molecule has 0 aromatic carbocycles. The SMILES string of the molecule is CCOC(=O)CN(C1CC1)S(=O)(=O)N(C)C1CCCCC1. The van der Waals surface area contributed by atoms with Crippen molar-refractivity contribution in [2.24, 2.45) is 0 Å². The number of hydrogen-bond donors (Lipinski definition) is 0. The molecule has 21 heavy (non-hydrogen) atoms. The smallest absolute Gasteiger partial charge is 0.321 e. The third kappa shape index (κ3) is 4.17. The van der Waals surface area contributed by atoms with E-state index < -0.39 is 16.2 Å². The molecule has 122 valence electrons.